The molecule has 1 saturated carbocycles. The van der Waals surface area contributed by atoms with Crippen molar-refractivity contribution in [3.63, 3.8) is 0 Å². The highest BCUT2D eigenvalue weighted by atomic mass is 33.1. The first kappa shape index (κ1) is 9.58. The van der Waals surface area contributed by atoms with Crippen LogP contribution >= 0.6 is 20.7 Å². The van der Waals surface area contributed by atoms with E-state index in [2.05, 4.69) is 11.7 Å². The van der Waals surface area contributed by atoms with Crippen molar-refractivity contribution < 1.29 is 13.2 Å². The lowest BCUT2D eigenvalue weighted by Crippen LogP contribution is -2.33. The predicted molar refractivity (Wildman–Crippen MR) is 46.4 cm³/mol. The zero-order chi connectivity index (χ0) is 8.91. The van der Waals surface area contributed by atoms with Crippen LogP contribution in [0.2, 0.25) is 0 Å². The van der Waals surface area contributed by atoms with Gasteiger partial charge in [0, 0.05) is 0 Å². The van der Waals surface area contributed by atoms with Gasteiger partial charge >= 0.3 is 6.18 Å². The highest BCUT2D eigenvalue weighted by Gasteiger charge is 2.68. The van der Waals surface area contributed by atoms with Crippen molar-refractivity contribution in [1.82, 2.24) is 0 Å². The van der Waals surface area contributed by atoms with Crippen LogP contribution in [0.4, 0.5) is 13.2 Å². The van der Waals surface area contributed by atoms with Gasteiger partial charge in [0.1, 0.15) is 4.75 Å². The monoisotopic (exact) mass is 204 g/mol. The smallest absolute Gasteiger partial charge is 0.187 e. The molecule has 1 rings (SSSR count). The van der Waals surface area contributed by atoms with E-state index in [1.54, 1.807) is 12.5 Å². The Bertz CT molecular complexity index is 148. The molecule has 0 N–H and O–H groups in total. The van der Waals surface area contributed by atoms with E-state index in [9.17, 15) is 13.2 Å². The molecule has 0 saturated heterocycles. The quantitative estimate of drug-likeness (QED) is 0.492. The van der Waals surface area contributed by atoms with E-state index in [4.69, 9.17) is 0 Å². The maximum Gasteiger partial charge on any atom is 0.402 e. The van der Waals surface area contributed by atoms with Crippen molar-refractivity contribution in [2.75, 3.05) is 12.5 Å². The second-order valence-corrected chi connectivity index (χ2v) is 9.33. The summed E-state index contributed by atoms with van der Waals surface area (Å²) in [5.41, 5.74) is 0. The largest absolute Gasteiger partial charge is 0.402 e. The number of thiol groups is 1. The minimum Gasteiger partial charge on any atom is -0.187 e. The molecule has 0 nitrogen and oxygen atoms in total. The topological polar surface area (TPSA) is 0 Å². The molecule has 1 fully saturated rings. The summed E-state index contributed by atoms with van der Waals surface area (Å²) in [5.74, 6) is 0. The summed E-state index contributed by atoms with van der Waals surface area (Å²) in [6.45, 7) is 0. The standard InChI is InChI=1S/C6H11F3S2/c1-11(2,10)5(3-4-5)6(7,8)9/h10H,3-4H2,1-2H3. The van der Waals surface area contributed by atoms with Crippen molar-refractivity contribution in [3.05, 3.63) is 0 Å². The number of hydrogen-bond acceptors (Lipinski definition) is 1. The average molecular weight is 204 g/mol. The van der Waals surface area contributed by atoms with Gasteiger partial charge in [0.2, 0.25) is 0 Å². The van der Waals surface area contributed by atoms with Gasteiger partial charge in [-0.1, -0.05) is 0 Å². The van der Waals surface area contributed by atoms with Crippen LogP contribution < -0.4 is 0 Å². The fourth-order valence-electron chi connectivity index (χ4n) is 1.18. The second kappa shape index (κ2) is 2.25. The van der Waals surface area contributed by atoms with Crippen molar-refractivity contribution in [2.45, 2.75) is 23.8 Å². The average Bonchev–Trinajstić information content (AvgIpc) is 2.31. The Balaban J connectivity index is 2.85. The van der Waals surface area contributed by atoms with Gasteiger partial charge in [-0.3, -0.25) is 0 Å². The summed E-state index contributed by atoms with van der Waals surface area (Å²) in [6, 6.07) is 0. The van der Waals surface area contributed by atoms with E-state index in [0.717, 1.165) is 0 Å². The molecule has 0 atom stereocenters. The van der Waals surface area contributed by atoms with Crippen LogP contribution in [0, 0.1) is 0 Å². The fraction of sp³-hybridized carbons (Fsp3) is 1.00. The molecule has 0 aromatic heterocycles. The summed E-state index contributed by atoms with van der Waals surface area (Å²) >= 11 is 4.05. The molecule has 0 spiro atoms. The molecule has 1 aliphatic carbocycles. The zero-order valence-electron chi connectivity index (χ0n) is 6.40. The molecule has 0 heterocycles. The van der Waals surface area contributed by atoms with Gasteiger partial charge in [-0.25, -0.2) is 0 Å². The van der Waals surface area contributed by atoms with E-state index in [-0.39, 0.29) is 12.8 Å². The summed E-state index contributed by atoms with van der Waals surface area (Å²) in [5, 5.41) is 0. The molecular weight excluding hydrogens is 193 g/mol. The molecule has 0 amide bonds. The first-order valence-corrected chi connectivity index (χ1v) is 6.73. The lowest BCUT2D eigenvalue weighted by atomic mass is 10.4. The van der Waals surface area contributed by atoms with Crippen molar-refractivity contribution in [2.24, 2.45) is 0 Å². The minimum atomic E-state index is -4.05. The Morgan fingerprint density at radius 2 is 1.64 bits per heavy atom. The SMILES string of the molecule is CS(C)(S)C1(C(F)(F)F)CC1. The zero-order valence-corrected chi connectivity index (χ0v) is 8.11. The summed E-state index contributed by atoms with van der Waals surface area (Å²) < 4.78 is 35.7. The summed E-state index contributed by atoms with van der Waals surface area (Å²) in [6.07, 6.45) is -0.300. The van der Waals surface area contributed by atoms with E-state index in [1.807, 2.05) is 0 Å². The van der Waals surface area contributed by atoms with E-state index < -0.39 is 20.0 Å². The van der Waals surface area contributed by atoms with Crippen LogP contribution in [0.25, 0.3) is 0 Å². The van der Waals surface area contributed by atoms with Crippen LogP contribution in [0.5, 0.6) is 0 Å². The summed E-state index contributed by atoms with van der Waals surface area (Å²) in [4.78, 5) is 0. The number of rotatable bonds is 1. The molecule has 1 aliphatic rings. The Morgan fingerprint density at radius 1 is 1.27 bits per heavy atom. The third kappa shape index (κ3) is 1.37. The molecule has 11 heavy (non-hydrogen) atoms. The van der Waals surface area contributed by atoms with E-state index in [1.165, 1.54) is 0 Å². The molecule has 5 heteroatoms. The highest BCUT2D eigenvalue weighted by Crippen LogP contribution is 2.74. The molecule has 0 bridgehead atoms. The number of halogens is 3. The second-order valence-electron chi connectivity index (χ2n) is 3.26. The Labute approximate surface area is 70.7 Å². The molecule has 0 aliphatic heterocycles. The molecule has 0 radical (unpaired) electrons. The van der Waals surface area contributed by atoms with E-state index in [0.29, 0.717) is 0 Å². The van der Waals surface area contributed by atoms with Gasteiger partial charge < -0.3 is 0 Å². The Hall–Kier alpha value is 0.490. The van der Waals surface area contributed by atoms with Gasteiger partial charge in [-0.05, 0) is 25.4 Å². The molecular formula is C6H11F3S2. The third-order valence-electron chi connectivity index (χ3n) is 2.18. The van der Waals surface area contributed by atoms with Gasteiger partial charge in [0.15, 0.2) is 0 Å². The fourth-order valence-corrected chi connectivity index (χ4v) is 3.71. The lowest BCUT2D eigenvalue weighted by Gasteiger charge is -2.36. The Kier molecular flexibility index (Phi) is 1.96. The number of alkyl halides is 3. The van der Waals surface area contributed by atoms with Crippen molar-refractivity contribution in [3.8, 4) is 0 Å². The van der Waals surface area contributed by atoms with Gasteiger partial charge in [0.05, 0.1) is 0 Å². The first-order valence-electron chi connectivity index (χ1n) is 3.23. The van der Waals surface area contributed by atoms with Gasteiger partial charge in [-0.2, -0.15) is 22.2 Å². The van der Waals surface area contributed by atoms with Crippen LogP contribution in [0.1, 0.15) is 12.8 Å². The predicted octanol–water partition coefficient (Wildman–Crippen LogP) is 2.99. The van der Waals surface area contributed by atoms with Crippen LogP contribution in [-0.2, 0) is 0 Å². The molecule has 68 valence electrons. The van der Waals surface area contributed by atoms with Crippen molar-refractivity contribution in [1.29, 1.82) is 0 Å². The van der Waals surface area contributed by atoms with Crippen LogP contribution in [-0.4, -0.2) is 23.4 Å². The molecule has 0 aromatic carbocycles. The highest BCUT2D eigenvalue weighted by molar-refractivity contribution is 8.88. The van der Waals surface area contributed by atoms with Crippen molar-refractivity contribution >= 4 is 20.7 Å². The molecule has 0 aromatic rings. The van der Waals surface area contributed by atoms with Crippen LogP contribution in [0.3, 0.4) is 0 Å². The first-order chi connectivity index (χ1) is 4.71. The van der Waals surface area contributed by atoms with Gasteiger partial charge in [-0.15, -0.1) is 11.7 Å². The van der Waals surface area contributed by atoms with Gasteiger partial charge in [0.25, 0.3) is 0 Å². The third-order valence-corrected chi connectivity index (χ3v) is 5.78. The maximum absolute atomic E-state index is 12.4. The normalized spacial score (nSPS) is 24.9. The summed E-state index contributed by atoms with van der Waals surface area (Å²) in [7, 11) is -1.78. The number of hydrogen-bond donors (Lipinski definition) is 1. The van der Waals surface area contributed by atoms with E-state index >= 15 is 0 Å². The maximum atomic E-state index is 12.4. The molecule has 0 unspecified atom stereocenters. The van der Waals surface area contributed by atoms with Crippen LogP contribution in [0.15, 0.2) is 0 Å². The minimum absolute atomic E-state index is 0.266. The Morgan fingerprint density at radius 3 is 1.64 bits per heavy atom. The lowest BCUT2D eigenvalue weighted by molar-refractivity contribution is -0.136.